The molecule has 0 radical (unpaired) electrons. The van der Waals surface area contributed by atoms with Crippen molar-refractivity contribution in [2.45, 2.75) is 38.7 Å². The van der Waals surface area contributed by atoms with Crippen LogP contribution in [0.2, 0.25) is 0 Å². The molecule has 0 amide bonds. The average molecular weight is 266 g/mol. The number of carbonyl (C=O) groups is 1. The highest BCUT2D eigenvalue weighted by Gasteiger charge is 2.36. The van der Waals surface area contributed by atoms with Crippen LogP contribution in [0.15, 0.2) is 24.3 Å². The third-order valence-corrected chi connectivity index (χ3v) is 3.50. The Morgan fingerprint density at radius 1 is 1.37 bits per heavy atom. The molecule has 0 aromatic heterocycles. The second-order valence-corrected chi connectivity index (χ2v) is 5.01. The smallest absolute Gasteiger partial charge is 0.311 e. The van der Waals surface area contributed by atoms with E-state index in [2.05, 4.69) is 0 Å². The van der Waals surface area contributed by atoms with Crippen LogP contribution in [0.5, 0.6) is 5.75 Å². The van der Waals surface area contributed by atoms with E-state index in [4.69, 9.17) is 4.74 Å². The SMILES string of the molecule is CCC(C(=O)OC)C(C)(O)CCc1ccc(O)cc1. The molecule has 2 atom stereocenters. The maximum Gasteiger partial charge on any atom is 0.311 e. The van der Waals surface area contributed by atoms with Gasteiger partial charge >= 0.3 is 5.97 Å². The summed E-state index contributed by atoms with van der Waals surface area (Å²) in [6, 6.07) is 6.85. The lowest BCUT2D eigenvalue weighted by atomic mass is 9.82. The van der Waals surface area contributed by atoms with Crippen molar-refractivity contribution in [2.75, 3.05) is 7.11 Å². The van der Waals surface area contributed by atoms with E-state index in [0.717, 1.165) is 5.56 Å². The number of methoxy groups -OCH3 is 1. The molecule has 0 heterocycles. The van der Waals surface area contributed by atoms with E-state index in [1.54, 1.807) is 19.1 Å². The largest absolute Gasteiger partial charge is 0.508 e. The van der Waals surface area contributed by atoms with Crippen molar-refractivity contribution in [2.24, 2.45) is 5.92 Å². The van der Waals surface area contributed by atoms with Crippen LogP contribution in [-0.2, 0) is 16.0 Å². The van der Waals surface area contributed by atoms with Gasteiger partial charge < -0.3 is 14.9 Å². The molecule has 106 valence electrons. The van der Waals surface area contributed by atoms with Gasteiger partial charge in [0.1, 0.15) is 5.75 Å². The Kier molecular flexibility index (Phi) is 5.36. The first-order chi connectivity index (χ1) is 8.90. The van der Waals surface area contributed by atoms with Crippen LogP contribution in [-0.4, -0.2) is 28.9 Å². The van der Waals surface area contributed by atoms with Crippen LogP contribution < -0.4 is 0 Å². The number of hydrogen-bond acceptors (Lipinski definition) is 4. The maximum atomic E-state index is 11.6. The molecule has 0 aliphatic rings. The maximum absolute atomic E-state index is 11.6. The van der Waals surface area contributed by atoms with Crippen LogP contribution >= 0.6 is 0 Å². The standard InChI is InChI=1S/C15H22O4/c1-4-13(14(17)19-3)15(2,18)10-9-11-5-7-12(16)8-6-11/h5-8,13,16,18H,4,9-10H2,1-3H3. The van der Waals surface area contributed by atoms with Crippen LogP contribution in [0.3, 0.4) is 0 Å². The van der Waals surface area contributed by atoms with Gasteiger partial charge in [-0.3, -0.25) is 4.79 Å². The number of phenolic OH excluding ortho intramolecular Hbond substituents is 1. The number of ether oxygens (including phenoxy) is 1. The van der Waals surface area contributed by atoms with Gasteiger partial charge in [0.15, 0.2) is 0 Å². The van der Waals surface area contributed by atoms with Crippen LogP contribution in [0.4, 0.5) is 0 Å². The molecule has 2 N–H and O–H groups in total. The number of esters is 1. The molecule has 1 rings (SSSR count). The molecule has 19 heavy (non-hydrogen) atoms. The van der Waals surface area contributed by atoms with Gasteiger partial charge in [-0.2, -0.15) is 0 Å². The molecule has 0 fully saturated rings. The molecule has 0 aliphatic carbocycles. The zero-order valence-electron chi connectivity index (χ0n) is 11.7. The molecule has 4 nitrogen and oxygen atoms in total. The summed E-state index contributed by atoms with van der Waals surface area (Å²) in [5.74, 6) is -0.677. The lowest BCUT2D eigenvalue weighted by molar-refractivity contribution is -0.155. The topological polar surface area (TPSA) is 66.8 Å². The fourth-order valence-electron chi connectivity index (χ4n) is 2.24. The van der Waals surface area contributed by atoms with E-state index < -0.39 is 11.5 Å². The molecular weight excluding hydrogens is 244 g/mol. The van der Waals surface area contributed by atoms with Gasteiger partial charge in [0, 0.05) is 0 Å². The number of rotatable bonds is 6. The summed E-state index contributed by atoms with van der Waals surface area (Å²) in [7, 11) is 1.33. The van der Waals surface area contributed by atoms with E-state index in [0.29, 0.717) is 19.3 Å². The summed E-state index contributed by atoms with van der Waals surface area (Å²) >= 11 is 0. The Bertz CT molecular complexity index is 409. The zero-order chi connectivity index (χ0) is 14.5. The second-order valence-electron chi connectivity index (χ2n) is 5.01. The first kappa shape index (κ1) is 15.5. The molecule has 1 aromatic carbocycles. The normalized spacial score (nSPS) is 15.6. The van der Waals surface area contributed by atoms with Crippen molar-refractivity contribution >= 4 is 5.97 Å². The summed E-state index contributed by atoms with van der Waals surface area (Å²) in [5, 5.41) is 19.6. The van der Waals surface area contributed by atoms with E-state index in [-0.39, 0.29) is 11.7 Å². The van der Waals surface area contributed by atoms with Gasteiger partial charge in [-0.25, -0.2) is 0 Å². The number of aryl methyl sites for hydroxylation is 1. The lowest BCUT2D eigenvalue weighted by Gasteiger charge is -2.30. The first-order valence-electron chi connectivity index (χ1n) is 6.48. The molecule has 0 saturated carbocycles. The fraction of sp³-hybridized carbons (Fsp3) is 0.533. The van der Waals surface area contributed by atoms with Gasteiger partial charge in [0.2, 0.25) is 0 Å². The van der Waals surface area contributed by atoms with Crippen LogP contribution in [0, 0.1) is 5.92 Å². The molecule has 2 unspecified atom stereocenters. The monoisotopic (exact) mass is 266 g/mol. The van der Waals surface area contributed by atoms with E-state index in [9.17, 15) is 15.0 Å². The molecule has 0 spiro atoms. The van der Waals surface area contributed by atoms with Crippen molar-refractivity contribution in [3.63, 3.8) is 0 Å². The second kappa shape index (κ2) is 6.57. The highest BCUT2D eigenvalue weighted by molar-refractivity contribution is 5.73. The Hall–Kier alpha value is -1.55. The molecule has 4 heteroatoms. The van der Waals surface area contributed by atoms with Gasteiger partial charge in [0.25, 0.3) is 0 Å². The van der Waals surface area contributed by atoms with Crippen LogP contribution in [0.25, 0.3) is 0 Å². The zero-order valence-corrected chi connectivity index (χ0v) is 11.7. The minimum Gasteiger partial charge on any atom is -0.508 e. The number of phenols is 1. The lowest BCUT2D eigenvalue weighted by Crippen LogP contribution is -2.40. The highest BCUT2D eigenvalue weighted by Crippen LogP contribution is 2.27. The van der Waals surface area contributed by atoms with Gasteiger partial charge in [0.05, 0.1) is 18.6 Å². The molecule has 0 aliphatic heterocycles. The average Bonchev–Trinajstić information content (AvgIpc) is 2.38. The van der Waals surface area contributed by atoms with Gasteiger partial charge in [-0.1, -0.05) is 19.1 Å². The summed E-state index contributed by atoms with van der Waals surface area (Å²) in [6.07, 6.45) is 1.64. The third kappa shape index (κ3) is 4.24. The van der Waals surface area contributed by atoms with Crippen molar-refractivity contribution in [3.05, 3.63) is 29.8 Å². The van der Waals surface area contributed by atoms with E-state index in [1.807, 2.05) is 19.1 Å². The van der Waals surface area contributed by atoms with Crippen molar-refractivity contribution in [3.8, 4) is 5.75 Å². The number of benzene rings is 1. The molecule has 0 saturated heterocycles. The minimum atomic E-state index is -1.10. The van der Waals surface area contributed by atoms with Crippen molar-refractivity contribution in [1.29, 1.82) is 0 Å². The predicted octanol–water partition coefficient (Wildman–Crippen LogP) is 2.28. The summed E-state index contributed by atoms with van der Waals surface area (Å²) in [4.78, 5) is 11.6. The molecule has 1 aromatic rings. The number of aliphatic hydroxyl groups is 1. The number of carbonyl (C=O) groups excluding carboxylic acids is 1. The highest BCUT2D eigenvalue weighted by atomic mass is 16.5. The van der Waals surface area contributed by atoms with Crippen molar-refractivity contribution < 1.29 is 19.7 Å². The molecule has 0 bridgehead atoms. The van der Waals surface area contributed by atoms with Gasteiger partial charge in [-0.15, -0.1) is 0 Å². The first-order valence-corrected chi connectivity index (χ1v) is 6.48. The fourth-order valence-corrected chi connectivity index (χ4v) is 2.24. The predicted molar refractivity (Wildman–Crippen MR) is 72.8 cm³/mol. The third-order valence-electron chi connectivity index (χ3n) is 3.50. The Balaban J connectivity index is 2.67. The number of aromatic hydroxyl groups is 1. The Morgan fingerprint density at radius 3 is 2.42 bits per heavy atom. The number of hydrogen-bond donors (Lipinski definition) is 2. The minimum absolute atomic E-state index is 0.219. The van der Waals surface area contributed by atoms with Gasteiger partial charge in [-0.05, 0) is 43.9 Å². The van der Waals surface area contributed by atoms with Crippen LogP contribution in [0.1, 0.15) is 32.3 Å². The van der Waals surface area contributed by atoms with E-state index in [1.165, 1.54) is 7.11 Å². The quantitative estimate of drug-likeness (QED) is 0.775. The summed E-state index contributed by atoms with van der Waals surface area (Å²) < 4.78 is 4.73. The summed E-state index contributed by atoms with van der Waals surface area (Å²) in [6.45, 7) is 3.52. The Morgan fingerprint density at radius 2 is 1.95 bits per heavy atom. The summed E-state index contributed by atoms with van der Waals surface area (Å²) in [5.41, 5.74) is -0.0856. The Labute approximate surface area is 114 Å². The molecular formula is C15H22O4. The van der Waals surface area contributed by atoms with E-state index >= 15 is 0 Å². The van der Waals surface area contributed by atoms with Crippen molar-refractivity contribution in [1.82, 2.24) is 0 Å².